The zero-order valence-electron chi connectivity index (χ0n) is 17.2. The Labute approximate surface area is 189 Å². The van der Waals surface area contributed by atoms with Gasteiger partial charge in [-0.05, 0) is 48.0 Å². The number of anilines is 2. The van der Waals surface area contributed by atoms with E-state index in [0.717, 1.165) is 5.56 Å². The molecule has 2 amide bonds. The van der Waals surface area contributed by atoms with Gasteiger partial charge in [-0.15, -0.1) is 0 Å². The average molecular weight is 454 g/mol. The Kier molecular flexibility index (Phi) is 6.42. The van der Waals surface area contributed by atoms with Gasteiger partial charge in [0.1, 0.15) is 18.9 Å². The topological polar surface area (TPSA) is 90.0 Å². The molecule has 32 heavy (non-hydrogen) atoms. The highest BCUT2D eigenvalue weighted by Crippen LogP contribution is 2.35. The number of pyridine rings is 1. The van der Waals surface area contributed by atoms with Crippen molar-refractivity contribution in [2.45, 2.75) is 6.61 Å². The van der Waals surface area contributed by atoms with Crippen LogP contribution in [0.3, 0.4) is 0 Å². The third-order valence-corrected chi connectivity index (χ3v) is 4.99. The third kappa shape index (κ3) is 4.92. The van der Waals surface area contributed by atoms with E-state index in [1.807, 2.05) is 12.1 Å². The van der Waals surface area contributed by atoms with Gasteiger partial charge >= 0.3 is 0 Å². The van der Waals surface area contributed by atoms with E-state index < -0.39 is 0 Å². The molecule has 1 aliphatic heterocycles. The Balaban J connectivity index is 1.46. The molecule has 2 aromatic carbocycles. The van der Waals surface area contributed by atoms with Gasteiger partial charge in [0, 0.05) is 29.2 Å². The third-order valence-electron chi connectivity index (χ3n) is 4.76. The Hall–Kier alpha value is -3.78. The molecule has 0 bridgehead atoms. The Morgan fingerprint density at radius 1 is 1.16 bits per heavy atom. The largest absolute Gasteiger partial charge is 0.493 e. The molecule has 0 saturated heterocycles. The number of nitrogens with one attached hydrogen (secondary N) is 1. The first-order valence-corrected chi connectivity index (χ1v) is 10.1. The lowest BCUT2D eigenvalue weighted by Crippen LogP contribution is -2.43. The van der Waals surface area contributed by atoms with Crippen LogP contribution in [-0.2, 0) is 16.2 Å². The summed E-state index contributed by atoms with van der Waals surface area (Å²) in [7, 11) is 1.54. The van der Waals surface area contributed by atoms with Gasteiger partial charge in [-0.1, -0.05) is 11.6 Å². The molecule has 0 saturated carbocycles. The number of fused-ring (bicyclic) bond motifs is 1. The minimum atomic E-state index is -0.378. The van der Waals surface area contributed by atoms with Gasteiger partial charge in [0.15, 0.2) is 18.1 Å². The second-order valence-corrected chi connectivity index (χ2v) is 7.37. The van der Waals surface area contributed by atoms with Gasteiger partial charge in [-0.3, -0.25) is 19.5 Å². The number of halogens is 1. The van der Waals surface area contributed by atoms with E-state index in [2.05, 4.69) is 10.3 Å². The molecule has 0 fully saturated rings. The summed E-state index contributed by atoms with van der Waals surface area (Å²) in [5.41, 5.74) is 1.91. The van der Waals surface area contributed by atoms with Crippen molar-refractivity contribution in [3.05, 3.63) is 71.5 Å². The second-order valence-electron chi connectivity index (χ2n) is 6.94. The van der Waals surface area contributed by atoms with E-state index in [9.17, 15) is 9.59 Å². The fourth-order valence-electron chi connectivity index (χ4n) is 3.20. The quantitative estimate of drug-likeness (QED) is 0.587. The predicted molar refractivity (Wildman–Crippen MR) is 119 cm³/mol. The SMILES string of the molecule is COc1ccc(NC(=O)CN2C(=O)COc3ccc(Cl)cc32)cc1OCc1ccncc1. The van der Waals surface area contributed by atoms with E-state index in [1.165, 1.54) is 4.90 Å². The highest BCUT2D eigenvalue weighted by molar-refractivity contribution is 6.31. The lowest BCUT2D eigenvalue weighted by Gasteiger charge is -2.29. The molecule has 9 heteroatoms. The minimum absolute atomic E-state index is 0.141. The Morgan fingerprint density at radius 2 is 1.97 bits per heavy atom. The molecule has 0 unspecified atom stereocenters. The Morgan fingerprint density at radius 3 is 2.75 bits per heavy atom. The van der Waals surface area contributed by atoms with Crippen molar-refractivity contribution in [2.24, 2.45) is 0 Å². The van der Waals surface area contributed by atoms with Crippen molar-refractivity contribution in [3.63, 3.8) is 0 Å². The lowest BCUT2D eigenvalue weighted by atomic mass is 10.2. The smallest absolute Gasteiger partial charge is 0.265 e. The molecule has 3 aromatic rings. The second kappa shape index (κ2) is 9.57. The average Bonchev–Trinajstić information content (AvgIpc) is 2.80. The molecular weight excluding hydrogens is 434 g/mol. The summed E-state index contributed by atoms with van der Waals surface area (Å²) >= 11 is 6.05. The van der Waals surface area contributed by atoms with E-state index in [1.54, 1.807) is 55.9 Å². The van der Waals surface area contributed by atoms with E-state index in [0.29, 0.717) is 40.3 Å². The summed E-state index contributed by atoms with van der Waals surface area (Å²) in [4.78, 5) is 30.4. The molecule has 4 rings (SSSR count). The number of aromatic nitrogens is 1. The van der Waals surface area contributed by atoms with Crippen LogP contribution in [0.2, 0.25) is 5.02 Å². The summed E-state index contributed by atoms with van der Waals surface area (Å²) in [5.74, 6) is 0.797. The molecule has 2 heterocycles. The molecule has 0 radical (unpaired) electrons. The number of ether oxygens (including phenoxy) is 3. The van der Waals surface area contributed by atoms with Crippen LogP contribution in [0.1, 0.15) is 5.56 Å². The first-order chi connectivity index (χ1) is 15.5. The van der Waals surface area contributed by atoms with Crippen LogP contribution in [0, 0.1) is 0 Å². The maximum atomic E-state index is 12.7. The molecule has 1 N–H and O–H groups in total. The van der Waals surface area contributed by atoms with Crippen LogP contribution < -0.4 is 24.4 Å². The number of carbonyl (C=O) groups is 2. The predicted octanol–water partition coefficient (Wildman–Crippen LogP) is 3.69. The van der Waals surface area contributed by atoms with Crippen LogP contribution >= 0.6 is 11.6 Å². The summed E-state index contributed by atoms with van der Waals surface area (Å²) in [6.45, 7) is -0.0116. The maximum absolute atomic E-state index is 12.7. The molecule has 0 atom stereocenters. The van der Waals surface area contributed by atoms with Crippen molar-refractivity contribution < 1.29 is 23.8 Å². The molecule has 1 aliphatic rings. The first kappa shape index (κ1) is 21.5. The minimum Gasteiger partial charge on any atom is -0.493 e. The van der Waals surface area contributed by atoms with Crippen LogP contribution in [0.4, 0.5) is 11.4 Å². The monoisotopic (exact) mass is 453 g/mol. The highest BCUT2D eigenvalue weighted by Gasteiger charge is 2.27. The lowest BCUT2D eigenvalue weighted by molar-refractivity contribution is -0.123. The standard InChI is InChI=1S/C23H20ClN3O5/c1-30-20-5-3-17(11-21(20)31-13-15-6-8-25-9-7-15)26-22(28)12-27-18-10-16(24)2-4-19(18)32-14-23(27)29/h2-11H,12-14H2,1H3,(H,26,28). The molecule has 8 nitrogen and oxygen atoms in total. The van der Waals surface area contributed by atoms with E-state index >= 15 is 0 Å². The van der Waals surface area contributed by atoms with Crippen molar-refractivity contribution >= 4 is 34.8 Å². The van der Waals surface area contributed by atoms with E-state index in [4.69, 9.17) is 25.8 Å². The maximum Gasteiger partial charge on any atom is 0.265 e. The Bertz CT molecular complexity index is 1140. The van der Waals surface area contributed by atoms with Gasteiger partial charge in [-0.25, -0.2) is 0 Å². The zero-order valence-corrected chi connectivity index (χ0v) is 18.0. The fraction of sp³-hybridized carbons (Fsp3) is 0.174. The molecule has 164 valence electrons. The van der Waals surface area contributed by atoms with Crippen molar-refractivity contribution in [1.29, 1.82) is 0 Å². The van der Waals surface area contributed by atoms with Crippen LogP contribution in [-0.4, -0.2) is 37.1 Å². The number of hydrogen-bond donors (Lipinski definition) is 1. The van der Waals surface area contributed by atoms with Gasteiger partial charge in [-0.2, -0.15) is 0 Å². The van der Waals surface area contributed by atoms with Crippen molar-refractivity contribution in [3.8, 4) is 17.2 Å². The summed E-state index contributed by atoms with van der Waals surface area (Å²) < 4.78 is 16.6. The number of hydrogen-bond acceptors (Lipinski definition) is 6. The number of amides is 2. The number of methoxy groups -OCH3 is 1. The first-order valence-electron chi connectivity index (χ1n) is 9.76. The number of nitrogens with zero attached hydrogens (tertiary/aromatic N) is 2. The van der Waals surface area contributed by atoms with Gasteiger partial charge in [0.05, 0.1) is 12.8 Å². The fourth-order valence-corrected chi connectivity index (χ4v) is 3.37. The molecule has 0 spiro atoms. The summed E-state index contributed by atoms with van der Waals surface area (Å²) in [5, 5.41) is 3.24. The van der Waals surface area contributed by atoms with Crippen LogP contribution in [0.5, 0.6) is 17.2 Å². The zero-order chi connectivity index (χ0) is 22.5. The van der Waals surface area contributed by atoms with E-state index in [-0.39, 0.29) is 25.0 Å². The van der Waals surface area contributed by atoms with Crippen molar-refractivity contribution in [1.82, 2.24) is 4.98 Å². The van der Waals surface area contributed by atoms with Crippen LogP contribution in [0.15, 0.2) is 60.9 Å². The summed E-state index contributed by atoms with van der Waals surface area (Å²) in [6.07, 6.45) is 3.37. The number of carbonyl (C=O) groups excluding carboxylic acids is 2. The van der Waals surface area contributed by atoms with Crippen molar-refractivity contribution in [2.75, 3.05) is 30.5 Å². The number of benzene rings is 2. The molecular formula is C23H20ClN3O5. The normalized spacial score (nSPS) is 12.6. The number of rotatable bonds is 7. The molecule has 1 aromatic heterocycles. The van der Waals surface area contributed by atoms with Gasteiger partial charge in [0.25, 0.3) is 5.91 Å². The van der Waals surface area contributed by atoms with Gasteiger partial charge < -0.3 is 19.5 Å². The van der Waals surface area contributed by atoms with Gasteiger partial charge in [0.2, 0.25) is 5.91 Å². The van der Waals surface area contributed by atoms with Crippen LogP contribution in [0.25, 0.3) is 0 Å². The highest BCUT2D eigenvalue weighted by atomic mass is 35.5. The molecule has 0 aliphatic carbocycles. The summed E-state index contributed by atoms with van der Waals surface area (Å²) in [6, 6.07) is 13.7.